The van der Waals surface area contributed by atoms with E-state index in [4.69, 9.17) is 14.2 Å². The normalized spacial score (nSPS) is 10.6. The number of hydrogen-bond donors (Lipinski definition) is 1. The third kappa shape index (κ3) is 6.43. The zero-order chi connectivity index (χ0) is 23.6. The Labute approximate surface area is 193 Å². The maximum absolute atomic E-state index is 12.5. The molecule has 1 amide bonds. The summed E-state index contributed by atoms with van der Waals surface area (Å²) in [5, 5.41) is 4.00. The van der Waals surface area contributed by atoms with Crippen LogP contribution in [0.1, 0.15) is 45.2 Å². The second-order valence-electron chi connectivity index (χ2n) is 7.19. The van der Waals surface area contributed by atoms with Crippen molar-refractivity contribution in [1.82, 2.24) is 5.43 Å². The fraction of sp³-hybridized carbons (Fsp3) is 0.192. The van der Waals surface area contributed by atoms with E-state index >= 15 is 0 Å². The van der Waals surface area contributed by atoms with Crippen LogP contribution in [0.5, 0.6) is 17.2 Å². The molecule has 0 unspecified atom stereocenters. The number of nitrogens with one attached hydrogen (secondary N) is 1. The van der Waals surface area contributed by atoms with Crippen molar-refractivity contribution in [2.75, 3.05) is 13.7 Å². The summed E-state index contributed by atoms with van der Waals surface area (Å²) in [5.74, 6) is 0.523. The lowest BCUT2D eigenvalue weighted by molar-refractivity contribution is 0.0729. The number of rotatable bonds is 9. The molecule has 33 heavy (non-hydrogen) atoms. The Balaban J connectivity index is 1.64. The fourth-order valence-corrected chi connectivity index (χ4v) is 2.97. The van der Waals surface area contributed by atoms with Gasteiger partial charge in [0.05, 0.1) is 25.5 Å². The molecule has 0 saturated carbocycles. The zero-order valence-corrected chi connectivity index (χ0v) is 18.8. The van der Waals surface area contributed by atoms with E-state index in [1.54, 1.807) is 54.6 Å². The summed E-state index contributed by atoms with van der Waals surface area (Å²) < 4.78 is 16.4. The van der Waals surface area contributed by atoms with Gasteiger partial charge in [-0.05, 0) is 73.0 Å². The number of carbonyl (C=O) groups is 2. The Kier molecular flexibility index (Phi) is 8.18. The summed E-state index contributed by atoms with van der Waals surface area (Å²) in [4.78, 5) is 24.8. The summed E-state index contributed by atoms with van der Waals surface area (Å²) >= 11 is 0. The van der Waals surface area contributed by atoms with E-state index in [-0.39, 0.29) is 11.7 Å². The number of hydrazone groups is 1. The molecule has 3 rings (SSSR count). The first-order valence-electron chi connectivity index (χ1n) is 10.5. The van der Waals surface area contributed by atoms with Crippen molar-refractivity contribution >= 4 is 18.1 Å². The molecule has 0 aromatic heterocycles. The number of methoxy groups -OCH3 is 1. The second kappa shape index (κ2) is 11.5. The molecule has 0 aliphatic carbocycles. The standard InChI is InChI=1S/C26H26N2O5/c1-4-15-32-21-12-10-20(11-13-21)26(30)33-23-14-9-19(16-24(23)31-3)17-27-28-25(29)22-8-6-5-7-18(22)2/h5-14,16-17H,4,15H2,1-3H3,(H,28,29)/b27-17-. The number of carbonyl (C=O) groups excluding carboxylic acids is 2. The highest BCUT2D eigenvalue weighted by atomic mass is 16.6. The van der Waals surface area contributed by atoms with Gasteiger partial charge in [-0.1, -0.05) is 25.1 Å². The Morgan fingerprint density at radius 1 is 1.00 bits per heavy atom. The first kappa shape index (κ1) is 23.5. The molecule has 170 valence electrons. The molecule has 0 spiro atoms. The predicted molar refractivity (Wildman–Crippen MR) is 126 cm³/mol. The van der Waals surface area contributed by atoms with Crippen LogP contribution in [-0.4, -0.2) is 31.8 Å². The number of esters is 1. The molecule has 7 heteroatoms. The average Bonchev–Trinajstić information content (AvgIpc) is 2.84. The first-order valence-corrected chi connectivity index (χ1v) is 10.5. The lowest BCUT2D eigenvalue weighted by Crippen LogP contribution is -2.18. The maximum Gasteiger partial charge on any atom is 0.343 e. The summed E-state index contributed by atoms with van der Waals surface area (Å²) in [5.41, 5.74) is 4.98. The molecule has 1 N–H and O–H groups in total. The van der Waals surface area contributed by atoms with Gasteiger partial charge in [0, 0.05) is 5.56 Å². The van der Waals surface area contributed by atoms with Crippen molar-refractivity contribution in [2.45, 2.75) is 20.3 Å². The molecular formula is C26H26N2O5. The highest BCUT2D eigenvalue weighted by Gasteiger charge is 2.13. The summed E-state index contributed by atoms with van der Waals surface area (Å²) in [7, 11) is 1.48. The van der Waals surface area contributed by atoms with Crippen LogP contribution in [0.3, 0.4) is 0 Å². The molecule has 0 radical (unpaired) electrons. The fourth-order valence-electron chi connectivity index (χ4n) is 2.97. The number of ether oxygens (including phenoxy) is 3. The number of amides is 1. The van der Waals surface area contributed by atoms with Crippen molar-refractivity contribution in [1.29, 1.82) is 0 Å². The highest BCUT2D eigenvalue weighted by molar-refractivity contribution is 5.96. The lowest BCUT2D eigenvalue weighted by Gasteiger charge is -2.10. The van der Waals surface area contributed by atoms with Gasteiger partial charge in [0.15, 0.2) is 11.5 Å². The molecule has 0 fully saturated rings. The van der Waals surface area contributed by atoms with Crippen LogP contribution in [-0.2, 0) is 0 Å². The topological polar surface area (TPSA) is 86.2 Å². The van der Waals surface area contributed by atoms with E-state index in [9.17, 15) is 9.59 Å². The minimum absolute atomic E-state index is 0.273. The van der Waals surface area contributed by atoms with Crippen LogP contribution in [0, 0.1) is 6.92 Å². The quantitative estimate of drug-likeness (QED) is 0.221. The largest absolute Gasteiger partial charge is 0.494 e. The molecule has 0 bridgehead atoms. The second-order valence-corrected chi connectivity index (χ2v) is 7.19. The molecule has 7 nitrogen and oxygen atoms in total. The molecule has 3 aromatic rings. The van der Waals surface area contributed by atoms with Crippen molar-refractivity contribution in [2.24, 2.45) is 5.10 Å². The maximum atomic E-state index is 12.5. The van der Waals surface area contributed by atoms with Crippen LogP contribution < -0.4 is 19.6 Å². The monoisotopic (exact) mass is 446 g/mol. The molecular weight excluding hydrogens is 420 g/mol. The van der Waals surface area contributed by atoms with E-state index in [0.29, 0.717) is 34.8 Å². The molecule has 3 aromatic carbocycles. The highest BCUT2D eigenvalue weighted by Crippen LogP contribution is 2.28. The van der Waals surface area contributed by atoms with Gasteiger partial charge in [-0.3, -0.25) is 4.79 Å². The van der Waals surface area contributed by atoms with Crippen LogP contribution in [0.25, 0.3) is 0 Å². The van der Waals surface area contributed by atoms with Gasteiger partial charge >= 0.3 is 5.97 Å². The van der Waals surface area contributed by atoms with Gasteiger partial charge in [-0.25, -0.2) is 10.2 Å². The summed E-state index contributed by atoms with van der Waals surface area (Å²) in [6.07, 6.45) is 2.39. The Morgan fingerprint density at radius 3 is 2.45 bits per heavy atom. The predicted octanol–water partition coefficient (Wildman–Crippen LogP) is 4.78. The third-order valence-electron chi connectivity index (χ3n) is 4.72. The SMILES string of the molecule is CCCOc1ccc(C(=O)Oc2ccc(/C=N\NC(=O)c3ccccc3C)cc2OC)cc1. The summed E-state index contributed by atoms with van der Waals surface area (Å²) in [6.45, 7) is 4.50. The van der Waals surface area contributed by atoms with Crippen molar-refractivity contribution in [3.63, 3.8) is 0 Å². The first-order chi connectivity index (χ1) is 16.0. The molecule has 0 aliphatic heterocycles. The van der Waals surface area contributed by atoms with Gasteiger partial charge in [-0.2, -0.15) is 5.10 Å². The third-order valence-corrected chi connectivity index (χ3v) is 4.72. The van der Waals surface area contributed by atoms with E-state index in [1.807, 2.05) is 26.0 Å². The van der Waals surface area contributed by atoms with E-state index in [1.165, 1.54) is 13.3 Å². The van der Waals surface area contributed by atoms with Gasteiger partial charge in [0.1, 0.15) is 5.75 Å². The van der Waals surface area contributed by atoms with Gasteiger partial charge in [-0.15, -0.1) is 0 Å². The van der Waals surface area contributed by atoms with Gasteiger partial charge < -0.3 is 14.2 Å². The van der Waals surface area contributed by atoms with E-state index in [0.717, 1.165) is 12.0 Å². The minimum Gasteiger partial charge on any atom is -0.494 e. The Hall–Kier alpha value is -4.13. The Bertz CT molecular complexity index is 1140. The molecule has 0 saturated heterocycles. The van der Waals surface area contributed by atoms with Crippen LogP contribution in [0.4, 0.5) is 0 Å². The van der Waals surface area contributed by atoms with Crippen LogP contribution >= 0.6 is 0 Å². The van der Waals surface area contributed by atoms with Crippen LogP contribution in [0.15, 0.2) is 71.8 Å². The molecule has 0 atom stereocenters. The smallest absolute Gasteiger partial charge is 0.343 e. The van der Waals surface area contributed by atoms with E-state index in [2.05, 4.69) is 10.5 Å². The summed E-state index contributed by atoms with van der Waals surface area (Å²) in [6, 6.07) is 19.0. The van der Waals surface area contributed by atoms with Crippen molar-refractivity contribution < 1.29 is 23.8 Å². The van der Waals surface area contributed by atoms with Crippen molar-refractivity contribution in [3.8, 4) is 17.2 Å². The number of hydrogen-bond acceptors (Lipinski definition) is 6. The molecule has 0 heterocycles. The number of nitrogens with zero attached hydrogens (tertiary/aromatic N) is 1. The zero-order valence-electron chi connectivity index (χ0n) is 18.8. The Morgan fingerprint density at radius 2 is 1.76 bits per heavy atom. The number of benzene rings is 3. The number of aryl methyl sites for hydroxylation is 1. The molecule has 0 aliphatic rings. The lowest BCUT2D eigenvalue weighted by atomic mass is 10.1. The van der Waals surface area contributed by atoms with Gasteiger partial charge in [0.25, 0.3) is 5.91 Å². The average molecular weight is 447 g/mol. The van der Waals surface area contributed by atoms with Crippen LogP contribution in [0.2, 0.25) is 0 Å². The van der Waals surface area contributed by atoms with Gasteiger partial charge in [0.2, 0.25) is 0 Å². The van der Waals surface area contributed by atoms with E-state index < -0.39 is 5.97 Å². The minimum atomic E-state index is -0.512. The van der Waals surface area contributed by atoms with Crippen molar-refractivity contribution in [3.05, 3.63) is 89.0 Å².